The quantitative estimate of drug-likeness (QED) is 0.759. The molecule has 0 unspecified atom stereocenters. The monoisotopic (exact) mass is 300 g/mol. The van der Waals surface area contributed by atoms with Crippen molar-refractivity contribution in [2.24, 2.45) is 0 Å². The van der Waals surface area contributed by atoms with Crippen molar-refractivity contribution in [2.75, 3.05) is 0 Å². The van der Waals surface area contributed by atoms with E-state index in [4.69, 9.17) is 4.43 Å². The minimum atomic E-state index is -0.956. The maximum atomic E-state index is 5.85. The fourth-order valence-electron chi connectivity index (χ4n) is 1.66. The van der Waals surface area contributed by atoms with E-state index in [-0.39, 0.29) is 5.41 Å². The summed E-state index contributed by atoms with van der Waals surface area (Å²) in [6.07, 6.45) is 0. The zero-order chi connectivity index (χ0) is 12.3. The van der Waals surface area contributed by atoms with Crippen molar-refractivity contribution in [1.82, 2.24) is 0 Å². The van der Waals surface area contributed by atoms with E-state index in [2.05, 4.69) is 68.0 Å². The number of rotatable bonds is 3. The molecule has 0 saturated carbocycles. The summed E-state index contributed by atoms with van der Waals surface area (Å²) in [5, 5.41) is 0. The van der Waals surface area contributed by atoms with E-state index >= 15 is 0 Å². The molecule has 0 radical (unpaired) electrons. The van der Waals surface area contributed by atoms with Crippen molar-refractivity contribution in [1.29, 1.82) is 0 Å². The number of hydrogen-bond donors (Lipinski definition) is 0. The second-order valence-electron chi connectivity index (χ2n) is 5.38. The Bertz CT molecular complexity index is 355. The number of benzene rings is 1. The first-order chi connectivity index (χ1) is 7.32. The van der Waals surface area contributed by atoms with E-state index in [1.165, 1.54) is 11.1 Å². The van der Waals surface area contributed by atoms with Crippen molar-refractivity contribution < 1.29 is 4.43 Å². The third-order valence-electron chi connectivity index (χ3n) is 2.49. The largest absolute Gasteiger partial charge is 0.416 e. The lowest BCUT2D eigenvalue weighted by Crippen LogP contribution is -2.17. The zero-order valence-electron chi connectivity index (χ0n) is 10.8. The summed E-state index contributed by atoms with van der Waals surface area (Å²) < 4.78 is 7.02. The van der Waals surface area contributed by atoms with Crippen LogP contribution in [0.1, 0.15) is 31.9 Å². The predicted molar refractivity (Wildman–Crippen MR) is 76.5 cm³/mol. The maximum Gasteiger partial charge on any atom is 0.171 e. The average molecular weight is 301 g/mol. The summed E-state index contributed by atoms with van der Waals surface area (Å²) in [6.45, 7) is 11.9. The predicted octanol–water partition coefficient (Wildman–Crippen LogP) is 4.25. The lowest BCUT2D eigenvalue weighted by atomic mass is 9.84. The van der Waals surface area contributed by atoms with Crippen molar-refractivity contribution in [3.63, 3.8) is 0 Å². The van der Waals surface area contributed by atoms with Crippen LogP contribution in [0.5, 0.6) is 0 Å². The maximum absolute atomic E-state index is 5.85. The summed E-state index contributed by atoms with van der Waals surface area (Å²) in [5.41, 5.74) is 2.84. The fraction of sp³-hybridized carbons (Fsp3) is 0.538. The Balaban J connectivity index is 3.04. The highest BCUT2D eigenvalue weighted by atomic mass is 79.9. The van der Waals surface area contributed by atoms with Gasteiger partial charge >= 0.3 is 0 Å². The zero-order valence-corrected chi connectivity index (χ0v) is 13.5. The van der Waals surface area contributed by atoms with Gasteiger partial charge in [-0.05, 0) is 35.7 Å². The first-order valence-corrected chi connectivity index (χ1v) is 9.29. The van der Waals surface area contributed by atoms with Crippen molar-refractivity contribution in [3.05, 3.63) is 33.8 Å². The average Bonchev–Trinajstić information content (AvgIpc) is 2.13. The molecule has 3 heteroatoms. The Morgan fingerprint density at radius 1 is 1.25 bits per heavy atom. The Morgan fingerprint density at radius 2 is 1.88 bits per heavy atom. The molecule has 0 N–H and O–H groups in total. The standard InChI is InChI=1S/C13H21BrOSi/c1-13(2,3)11-7-6-8-12(14)10(11)9-15-16(4)5/h6-8,16H,9H2,1-5H3. The summed E-state index contributed by atoms with van der Waals surface area (Å²) in [7, 11) is -0.956. The molecule has 0 aromatic heterocycles. The van der Waals surface area contributed by atoms with Crippen LogP contribution in [0.2, 0.25) is 13.1 Å². The number of hydrogen-bond acceptors (Lipinski definition) is 1. The fourth-order valence-corrected chi connectivity index (χ4v) is 2.64. The highest BCUT2D eigenvalue weighted by molar-refractivity contribution is 9.10. The van der Waals surface area contributed by atoms with Crippen LogP contribution in [0.25, 0.3) is 0 Å². The molecule has 1 aromatic carbocycles. The van der Waals surface area contributed by atoms with Gasteiger partial charge in [0.05, 0.1) is 6.61 Å². The molecule has 1 nitrogen and oxygen atoms in total. The van der Waals surface area contributed by atoms with Gasteiger partial charge in [0.15, 0.2) is 9.04 Å². The highest BCUT2D eigenvalue weighted by Crippen LogP contribution is 2.31. The molecule has 0 aliphatic heterocycles. The number of halogens is 1. The minimum absolute atomic E-state index is 0.168. The smallest absolute Gasteiger partial charge is 0.171 e. The summed E-state index contributed by atoms with van der Waals surface area (Å²) >= 11 is 3.63. The van der Waals surface area contributed by atoms with Crippen LogP contribution >= 0.6 is 15.9 Å². The van der Waals surface area contributed by atoms with Crippen molar-refractivity contribution in [3.8, 4) is 0 Å². The van der Waals surface area contributed by atoms with E-state index in [9.17, 15) is 0 Å². The molecule has 1 rings (SSSR count). The van der Waals surface area contributed by atoms with E-state index < -0.39 is 9.04 Å². The second-order valence-corrected chi connectivity index (χ2v) is 8.66. The van der Waals surface area contributed by atoms with E-state index in [0.717, 1.165) is 11.1 Å². The Hall–Kier alpha value is -0.123. The van der Waals surface area contributed by atoms with Crippen molar-refractivity contribution in [2.45, 2.75) is 45.9 Å². The molecule has 1 aromatic rings. The minimum Gasteiger partial charge on any atom is -0.416 e. The molecular weight excluding hydrogens is 280 g/mol. The van der Waals surface area contributed by atoms with Crippen LogP contribution in [-0.4, -0.2) is 9.04 Å². The van der Waals surface area contributed by atoms with Gasteiger partial charge in [0, 0.05) is 4.47 Å². The van der Waals surface area contributed by atoms with Crippen LogP contribution in [0.15, 0.2) is 22.7 Å². The van der Waals surface area contributed by atoms with Gasteiger partial charge in [0.2, 0.25) is 0 Å². The highest BCUT2D eigenvalue weighted by Gasteiger charge is 2.19. The van der Waals surface area contributed by atoms with Gasteiger partial charge in [-0.1, -0.05) is 48.8 Å². The SMILES string of the molecule is C[SiH](C)OCc1c(Br)cccc1C(C)(C)C. The van der Waals surface area contributed by atoms with Gasteiger partial charge in [-0.2, -0.15) is 0 Å². The second kappa shape index (κ2) is 5.47. The van der Waals surface area contributed by atoms with Crippen LogP contribution in [0, 0.1) is 0 Å². The Labute approximate surface area is 109 Å². The Kier molecular flexibility index (Phi) is 4.77. The molecule has 0 heterocycles. The van der Waals surface area contributed by atoms with Crippen LogP contribution in [0.3, 0.4) is 0 Å². The summed E-state index contributed by atoms with van der Waals surface area (Å²) in [4.78, 5) is 0. The molecule has 0 saturated heterocycles. The van der Waals surface area contributed by atoms with Crippen molar-refractivity contribution >= 4 is 25.0 Å². The normalized spacial score (nSPS) is 12.2. The van der Waals surface area contributed by atoms with Gasteiger partial charge in [0.25, 0.3) is 0 Å². The topological polar surface area (TPSA) is 9.23 Å². The van der Waals surface area contributed by atoms with Gasteiger partial charge < -0.3 is 4.43 Å². The van der Waals surface area contributed by atoms with Gasteiger partial charge in [0.1, 0.15) is 0 Å². The molecule has 0 fully saturated rings. The molecule has 0 aliphatic rings. The Morgan fingerprint density at radius 3 is 2.38 bits per heavy atom. The molecular formula is C13H21BrOSi. The van der Waals surface area contributed by atoms with Gasteiger partial charge in [-0.3, -0.25) is 0 Å². The molecule has 0 bridgehead atoms. The van der Waals surface area contributed by atoms with Crippen LogP contribution < -0.4 is 0 Å². The third-order valence-corrected chi connectivity index (χ3v) is 4.06. The molecule has 16 heavy (non-hydrogen) atoms. The van der Waals surface area contributed by atoms with Gasteiger partial charge in [-0.25, -0.2) is 0 Å². The molecule has 90 valence electrons. The molecule has 0 atom stereocenters. The molecule has 0 aliphatic carbocycles. The summed E-state index contributed by atoms with van der Waals surface area (Å²) in [5.74, 6) is 0. The van der Waals surface area contributed by atoms with Crippen LogP contribution in [-0.2, 0) is 16.4 Å². The third kappa shape index (κ3) is 3.72. The van der Waals surface area contributed by atoms with E-state index in [1.54, 1.807) is 0 Å². The van der Waals surface area contributed by atoms with E-state index in [1.807, 2.05) is 0 Å². The lowest BCUT2D eigenvalue weighted by molar-refractivity contribution is 0.310. The molecule has 0 spiro atoms. The van der Waals surface area contributed by atoms with Gasteiger partial charge in [-0.15, -0.1) is 0 Å². The first kappa shape index (κ1) is 13.9. The first-order valence-electron chi connectivity index (χ1n) is 5.72. The van der Waals surface area contributed by atoms with E-state index in [0.29, 0.717) is 0 Å². The lowest BCUT2D eigenvalue weighted by Gasteiger charge is -2.24. The summed E-state index contributed by atoms with van der Waals surface area (Å²) in [6, 6.07) is 6.39. The van der Waals surface area contributed by atoms with Crippen LogP contribution in [0.4, 0.5) is 0 Å². The molecule has 0 amide bonds.